The number of nitrogens with zero attached hydrogens (tertiary/aromatic N) is 2. The zero-order valence-electron chi connectivity index (χ0n) is 21.9. The van der Waals surface area contributed by atoms with Crippen molar-refractivity contribution >= 4 is 0 Å². The zero-order chi connectivity index (χ0) is 25.4. The molecule has 36 heavy (non-hydrogen) atoms. The predicted octanol–water partition coefficient (Wildman–Crippen LogP) is 5.95. The summed E-state index contributed by atoms with van der Waals surface area (Å²) in [6.45, 7) is 13.1. The summed E-state index contributed by atoms with van der Waals surface area (Å²) in [4.78, 5) is 5.05. The number of hydrogen-bond acceptors (Lipinski definition) is 4. The number of hydrogen-bond donors (Lipinski definition) is 1. The van der Waals surface area contributed by atoms with Crippen LogP contribution in [-0.4, -0.2) is 53.2 Å². The number of phenolic OH excluding ortho intramolecular Hbond substituents is 1. The first-order valence-electron chi connectivity index (χ1n) is 13.0. The second-order valence-corrected chi connectivity index (χ2v) is 10.8. The molecule has 2 aliphatic rings. The summed E-state index contributed by atoms with van der Waals surface area (Å²) in [5, 5.41) is 10.5. The fraction of sp³-hybridized carbons (Fsp3) is 0.419. The average molecular weight is 489 g/mol. The smallest absolute Gasteiger partial charge is 0.127 e. The van der Waals surface area contributed by atoms with Crippen molar-refractivity contribution in [1.82, 2.24) is 9.80 Å². The Kier molecular flexibility index (Phi) is 6.80. The van der Waals surface area contributed by atoms with Gasteiger partial charge in [-0.2, -0.15) is 0 Å². The molecule has 0 spiro atoms. The second-order valence-electron chi connectivity index (χ2n) is 10.8. The van der Waals surface area contributed by atoms with Crippen molar-refractivity contribution in [2.75, 3.05) is 32.7 Å². The molecule has 0 bridgehead atoms. The Labute approximate surface area is 214 Å². The third kappa shape index (κ3) is 4.74. The zero-order valence-corrected chi connectivity index (χ0v) is 21.9. The quantitative estimate of drug-likeness (QED) is 0.465. The predicted molar refractivity (Wildman–Crippen MR) is 142 cm³/mol. The van der Waals surface area contributed by atoms with E-state index in [1.54, 1.807) is 12.1 Å². The van der Waals surface area contributed by atoms with E-state index in [9.17, 15) is 9.50 Å². The molecule has 5 rings (SSSR count). The Balaban J connectivity index is 1.23. The van der Waals surface area contributed by atoms with Crippen molar-refractivity contribution in [1.29, 1.82) is 0 Å². The van der Waals surface area contributed by atoms with E-state index in [4.69, 9.17) is 4.74 Å². The molecule has 3 aromatic carbocycles. The Morgan fingerprint density at radius 1 is 0.889 bits per heavy atom. The lowest BCUT2D eigenvalue weighted by Gasteiger charge is -2.40. The van der Waals surface area contributed by atoms with Gasteiger partial charge in [0.05, 0.1) is 6.04 Å². The number of fused-ring (bicyclic) bond motifs is 1. The van der Waals surface area contributed by atoms with Crippen LogP contribution in [-0.2, 0) is 6.42 Å². The standard InChI is InChI=1S/C31H37FN2O2/c1-21-22(2)30-27(23(3)29(21)35)20-31(4,36-30)14-15-33-16-18-34(19-17-33)28(24-8-6-5-7-9-24)25-10-12-26(32)13-11-25/h5-13,28,35H,14-20H2,1-4H3. The van der Waals surface area contributed by atoms with E-state index in [0.717, 1.165) is 79.1 Å². The lowest BCUT2D eigenvalue weighted by molar-refractivity contribution is 0.0641. The van der Waals surface area contributed by atoms with Crippen LogP contribution in [0.25, 0.3) is 0 Å². The van der Waals surface area contributed by atoms with Crippen molar-refractivity contribution in [3.05, 3.63) is 93.8 Å². The molecule has 5 heteroatoms. The van der Waals surface area contributed by atoms with Crippen molar-refractivity contribution in [3.8, 4) is 11.5 Å². The Morgan fingerprint density at radius 2 is 1.53 bits per heavy atom. The highest BCUT2D eigenvalue weighted by Crippen LogP contribution is 2.46. The lowest BCUT2D eigenvalue weighted by atomic mass is 9.90. The summed E-state index contributed by atoms with van der Waals surface area (Å²) >= 11 is 0. The van der Waals surface area contributed by atoms with Crippen LogP contribution < -0.4 is 4.74 Å². The van der Waals surface area contributed by atoms with Gasteiger partial charge in [-0.25, -0.2) is 4.39 Å². The van der Waals surface area contributed by atoms with Crippen molar-refractivity contribution in [3.63, 3.8) is 0 Å². The van der Waals surface area contributed by atoms with Gasteiger partial charge in [0.1, 0.15) is 22.9 Å². The maximum atomic E-state index is 13.6. The molecule has 0 aromatic heterocycles. The van der Waals surface area contributed by atoms with E-state index in [2.05, 4.69) is 41.0 Å². The molecule has 1 N–H and O–H groups in total. The van der Waals surface area contributed by atoms with Gasteiger partial charge in [0.2, 0.25) is 0 Å². The SMILES string of the molecule is Cc1c(C)c2c(c(C)c1O)CC(C)(CCN1CCN(C(c3ccccc3)c3ccc(F)cc3)CC1)O2. The highest BCUT2D eigenvalue weighted by molar-refractivity contribution is 5.59. The summed E-state index contributed by atoms with van der Waals surface area (Å²) < 4.78 is 20.2. The third-order valence-electron chi connectivity index (χ3n) is 8.27. The van der Waals surface area contributed by atoms with E-state index < -0.39 is 0 Å². The van der Waals surface area contributed by atoms with Gasteiger partial charge >= 0.3 is 0 Å². The minimum Gasteiger partial charge on any atom is -0.507 e. The van der Waals surface area contributed by atoms with Gasteiger partial charge in [0.15, 0.2) is 0 Å². The van der Waals surface area contributed by atoms with E-state index in [0.29, 0.717) is 5.75 Å². The van der Waals surface area contributed by atoms with Crippen LogP contribution in [0.15, 0.2) is 54.6 Å². The van der Waals surface area contributed by atoms with Gasteiger partial charge in [-0.05, 0) is 74.1 Å². The number of piperazine rings is 1. The highest BCUT2D eigenvalue weighted by atomic mass is 19.1. The van der Waals surface area contributed by atoms with Gasteiger partial charge < -0.3 is 14.7 Å². The first-order chi connectivity index (χ1) is 17.3. The molecule has 2 heterocycles. The molecule has 3 aromatic rings. The number of rotatable bonds is 6. The van der Waals surface area contributed by atoms with Crippen LogP contribution in [0.2, 0.25) is 0 Å². The number of benzene rings is 3. The molecule has 2 atom stereocenters. The topological polar surface area (TPSA) is 35.9 Å². The highest BCUT2D eigenvalue weighted by Gasteiger charge is 2.38. The minimum absolute atomic E-state index is 0.126. The van der Waals surface area contributed by atoms with E-state index in [-0.39, 0.29) is 17.5 Å². The van der Waals surface area contributed by atoms with E-state index in [1.807, 2.05) is 39.0 Å². The fourth-order valence-corrected chi connectivity index (χ4v) is 5.85. The van der Waals surface area contributed by atoms with Crippen LogP contribution in [0.5, 0.6) is 11.5 Å². The van der Waals surface area contributed by atoms with Crippen LogP contribution in [0, 0.1) is 26.6 Å². The van der Waals surface area contributed by atoms with Gasteiger partial charge in [-0.15, -0.1) is 0 Å². The van der Waals surface area contributed by atoms with Crippen molar-refractivity contribution < 1.29 is 14.2 Å². The second kappa shape index (κ2) is 9.87. The molecule has 1 fully saturated rings. The molecule has 0 radical (unpaired) electrons. The average Bonchev–Trinajstić information content (AvgIpc) is 3.26. The van der Waals surface area contributed by atoms with Gasteiger partial charge in [0.25, 0.3) is 0 Å². The van der Waals surface area contributed by atoms with Crippen LogP contribution in [0.3, 0.4) is 0 Å². The fourth-order valence-electron chi connectivity index (χ4n) is 5.85. The summed E-state index contributed by atoms with van der Waals surface area (Å²) in [5.41, 5.74) is 6.21. The Bertz CT molecular complexity index is 1180. The monoisotopic (exact) mass is 488 g/mol. The van der Waals surface area contributed by atoms with Crippen LogP contribution >= 0.6 is 0 Å². The maximum Gasteiger partial charge on any atom is 0.127 e. The molecule has 2 unspecified atom stereocenters. The van der Waals surface area contributed by atoms with Crippen molar-refractivity contribution in [2.24, 2.45) is 0 Å². The maximum absolute atomic E-state index is 13.6. The molecule has 1 saturated heterocycles. The number of phenols is 1. The van der Waals surface area contributed by atoms with E-state index in [1.165, 1.54) is 5.56 Å². The summed E-state index contributed by atoms with van der Waals surface area (Å²) in [6.07, 6.45) is 1.78. The molecule has 190 valence electrons. The molecular formula is C31H37FN2O2. The number of ether oxygens (including phenoxy) is 1. The van der Waals surface area contributed by atoms with Crippen LogP contribution in [0.4, 0.5) is 4.39 Å². The van der Waals surface area contributed by atoms with Crippen LogP contribution in [0.1, 0.15) is 52.8 Å². The van der Waals surface area contributed by atoms with Gasteiger partial charge in [0, 0.05) is 44.7 Å². The minimum atomic E-state index is -0.254. The molecule has 0 aliphatic carbocycles. The lowest BCUT2D eigenvalue weighted by Crippen LogP contribution is -2.49. The van der Waals surface area contributed by atoms with Gasteiger partial charge in [-0.1, -0.05) is 42.5 Å². The summed E-state index contributed by atoms with van der Waals surface area (Å²) in [7, 11) is 0. The summed E-state index contributed by atoms with van der Waals surface area (Å²) in [5.74, 6) is 1.18. The van der Waals surface area contributed by atoms with E-state index >= 15 is 0 Å². The first kappa shape index (κ1) is 24.8. The summed E-state index contributed by atoms with van der Waals surface area (Å²) in [6, 6.07) is 17.6. The Hall–Kier alpha value is -2.89. The largest absolute Gasteiger partial charge is 0.507 e. The number of aromatic hydroxyl groups is 1. The third-order valence-corrected chi connectivity index (χ3v) is 8.27. The normalized spacial score (nSPS) is 21.2. The first-order valence-corrected chi connectivity index (χ1v) is 13.0. The molecular weight excluding hydrogens is 451 g/mol. The molecule has 4 nitrogen and oxygen atoms in total. The number of halogens is 1. The molecule has 0 amide bonds. The molecule has 0 saturated carbocycles. The Morgan fingerprint density at radius 3 is 2.19 bits per heavy atom. The van der Waals surface area contributed by atoms with Crippen molar-refractivity contribution in [2.45, 2.75) is 52.2 Å². The molecule has 2 aliphatic heterocycles. The van der Waals surface area contributed by atoms with Gasteiger partial charge in [-0.3, -0.25) is 4.90 Å².